The number of hydrogen-bond acceptors (Lipinski definition) is 4. The minimum atomic E-state index is -0.755. The number of nitrogens with one attached hydrogen (secondary N) is 1. The highest BCUT2D eigenvalue weighted by molar-refractivity contribution is 5.81. The van der Waals surface area contributed by atoms with Crippen LogP contribution in [0.25, 0.3) is 0 Å². The lowest BCUT2D eigenvalue weighted by molar-refractivity contribution is -0.234. The number of carbonyl (C=O) groups excluding carboxylic acids is 2. The van der Waals surface area contributed by atoms with Gasteiger partial charge in [-0.1, -0.05) is 20.8 Å². The zero-order valence-corrected chi connectivity index (χ0v) is 8.09. The predicted octanol–water partition coefficient (Wildman–Crippen LogP) is 0.555. The second-order valence-corrected chi connectivity index (χ2v) is 3.72. The number of hydrogen-bond donors (Lipinski definition) is 2. The molecule has 0 aromatic rings. The molecule has 13 heavy (non-hydrogen) atoms. The van der Waals surface area contributed by atoms with Crippen molar-refractivity contribution in [1.29, 1.82) is 0 Å². The summed E-state index contributed by atoms with van der Waals surface area (Å²) in [7, 11) is 0. The van der Waals surface area contributed by atoms with Crippen molar-refractivity contribution in [3.63, 3.8) is 0 Å². The second kappa shape index (κ2) is 4.81. The van der Waals surface area contributed by atoms with Gasteiger partial charge in [0.2, 0.25) is 5.91 Å². The molecule has 5 heteroatoms. The van der Waals surface area contributed by atoms with Crippen LogP contribution >= 0.6 is 0 Å². The molecule has 0 rings (SSSR count). The van der Waals surface area contributed by atoms with E-state index in [-0.39, 0.29) is 18.9 Å². The maximum Gasteiger partial charge on any atom is 0.343 e. The van der Waals surface area contributed by atoms with Crippen LogP contribution < -0.4 is 5.32 Å². The van der Waals surface area contributed by atoms with Gasteiger partial charge in [-0.3, -0.25) is 4.79 Å². The highest BCUT2D eigenvalue weighted by Gasteiger charge is 2.20. The first kappa shape index (κ1) is 11.9. The fraction of sp³-hybridized carbons (Fsp3) is 0.750. The third kappa shape index (κ3) is 5.19. The molecule has 1 amide bonds. The van der Waals surface area contributed by atoms with Crippen LogP contribution in [-0.2, 0) is 14.5 Å². The van der Waals surface area contributed by atoms with Gasteiger partial charge in [-0.05, 0) is 0 Å². The Morgan fingerprint density at radius 1 is 1.38 bits per heavy atom. The van der Waals surface area contributed by atoms with E-state index >= 15 is 0 Å². The molecule has 0 aromatic carbocycles. The summed E-state index contributed by atoms with van der Waals surface area (Å²) in [6, 6.07) is 0. The van der Waals surface area contributed by atoms with E-state index in [2.05, 4.69) is 10.2 Å². The van der Waals surface area contributed by atoms with E-state index in [0.717, 1.165) is 0 Å². The molecule has 0 aromatic heterocycles. The van der Waals surface area contributed by atoms with Gasteiger partial charge >= 0.3 is 5.97 Å². The normalized spacial score (nSPS) is 10.8. The van der Waals surface area contributed by atoms with Crippen molar-refractivity contribution >= 4 is 11.9 Å². The summed E-state index contributed by atoms with van der Waals surface area (Å²) in [5.41, 5.74) is -0.469. The van der Waals surface area contributed by atoms with E-state index in [9.17, 15) is 9.59 Å². The van der Waals surface area contributed by atoms with Crippen molar-refractivity contribution in [3.05, 3.63) is 0 Å². The van der Waals surface area contributed by atoms with Gasteiger partial charge in [0.05, 0.1) is 6.42 Å². The fourth-order valence-electron chi connectivity index (χ4n) is 0.589. The van der Waals surface area contributed by atoms with E-state index < -0.39 is 11.4 Å². The highest BCUT2D eigenvalue weighted by Crippen LogP contribution is 2.11. The van der Waals surface area contributed by atoms with Gasteiger partial charge in [0.1, 0.15) is 0 Å². The Bertz CT molecular complexity index is 195. The lowest BCUT2D eigenvalue weighted by atomic mass is 9.96. The van der Waals surface area contributed by atoms with E-state index in [1.54, 1.807) is 20.8 Å². The van der Waals surface area contributed by atoms with Gasteiger partial charge < -0.3 is 10.2 Å². The summed E-state index contributed by atoms with van der Waals surface area (Å²) in [6.45, 7) is 5.49. The van der Waals surface area contributed by atoms with Crippen LogP contribution in [0.5, 0.6) is 0 Å². The molecular weight excluding hydrogens is 174 g/mol. The van der Waals surface area contributed by atoms with Crippen LogP contribution in [0.4, 0.5) is 0 Å². The standard InChI is InChI=1S/C8H15NO4/c1-8(2,3)7(11)9-5-4-6(10)13-12/h12H,4-5H2,1-3H3,(H,9,11). The molecule has 0 bridgehead atoms. The SMILES string of the molecule is CC(C)(C)C(=O)NCCC(=O)OO. The van der Waals surface area contributed by atoms with E-state index in [0.29, 0.717) is 0 Å². The summed E-state index contributed by atoms with van der Waals surface area (Å²) in [5, 5.41) is 10.4. The molecule has 0 unspecified atom stereocenters. The van der Waals surface area contributed by atoms with Gasteiger partial charge in [-0.2, -0.15) is 5.26 Å². The molecule has 0 atom stereocenters. The van der Waals surface area contributed by atoms with Crippen molar-refractivity contribution < 1.29 is 19.7 Å². The summed E-state index contributed by atoms with van der Waals surface area (Å²) in [5.74, 6) is -0.896. The van der Waals surface area contributed by atoms with Crippen molar-refractivity contribution in [1.82, 2.24) is 5.32 Å². The first-order valence-corrected chi connectivity index (χ1v) is 4.00. The van der Waals surface area contributed by atoms with E-state index in [1.165, 1.54) is 0 Å². The third-order valence-electron chi connectivity index (χ3n) is 1.40. The molecule has 0 aliphatic heterocycles. The van der Waals surface area contributed by atoms with Crippen LogP contribution in [0.1, 0.15) is 27.2 Å². The zero-order valence-electron chi connectivity index (χ0n) is 8.09. The topological polar surface area (TPSA) is 75.6 Å². The van der Waals surface area contributed by atoms with E-state index in [4.69, 9.17) is 5.26 Å². The summed E-state index contributed by atoms with van der Waals surface area (Å²) >= 11 is 0. The monoisotopic (exact) mass is 189 g/mol. The van der Waals surface area contributed by atoms with Crippen molar-refractivity contribution in [3.8, 4) is 0 Å². The van der Waals surface area contributed by atoms with Crippen LogP contribution in [0, 0.1) is 5.41 Å². The molecular formula is C8H15NO4. The number of amides is 1. The lowest BCUT2D eigenvalue weighted by Gasteiger charge is -2.16. The Morgan fingerprint density at radius 3 is 2.31 bits per heavy atom. The molecule has 0 fully saturated rings. The van der Waals surface area contributed by atoms with Crippen LogP contribution in [-0.4, -0.2) is 23.7 Å². The van der Waals surface area contributed by atoms with Crippen molar-refractivity contribution in [2.45, 2.75) is 27.2 Å². The number of rotatable bonds is 3. The van der Waals surface area contributed by atoms with Gasteiger partial charge in [0.15, 0.2) is 0 Å². The minimum Gasteiger partial charge on any atom is -0.355 e. The van der Waals surface area contributed by atoms with Gasteiger partial charge in [-0.25, -0.2) is 4.79 Å². The van der Waals surface area contributed by atoms with Gasteiger partial charge in [-0.15, -0.1) is 0 Å². The van der Waals surface area contributed by atoms with Crippen LogP contribution in [0.3, 0.4) is 0 Å². The first-order chi connectivity index (χ1) is 5.88. The predicted molar refractivity (Wildman–Crippen MR) is 45.8 cm³/mol. The smallest absolute Gasteiger partial charge is 0.343 e. The fourth-order valence-corrected chi connectivity index (χ4v) is 0.589. The molecule has 0 radical (unpaired) electrons. The van der Waals surface area contributed by atoms with Crippen molar-refractivity contribution in [2.75, 3.05) is 6.54 Å². The Morgan fingerprint density at radius 2 is 1.92 bits per heavy atom. The Hall–Kier alpha value is -1.10. The Kier molecular flexibility index (Phi) is 4.40. The molecule has 2 N–H and O–H groups in total. The third-order valence-corrected chi connectivity index (χ3v) is 1.40. The zero-order chi connectivity index (χ0) is 10.5. The molecule has 76 valence electrons. The largest absolute Gasteiger partial charge is 0.355 e. The Labute approximate surface area is 77.0 Å². The summed E-state index contributed by atoms with van der Waals surface area (Å²) < 4.78 is 0. The number of carbonyl (C=O) groups is 2. The summed E-state index contributed by atoms with van der Waals surface area (Å²) in [6.07, 6.45) is -0.0294. The molecule has 0 aliphatic carbocycles. The minimum absolute atomic E-state index is 0.0294. The maximum atomic E-state index is 11.2. The maximum absolute atomic E-state index is 11.2. The molecule has 0 saturated carbocycles. The van der Waals surface area contributed by atoms with Crippen LogP contribution in [0.15, 0.2) is 0 Å². The quantitative estimate of drug-likeness (QED) is 0.502. The highest BCUT2D eigenvalue weighted by atomic mass is 17.1. The van der Waals surface area contributed by atoms with Crippen LogP contribution in [0.2, 0.25) is 0 Å². The molecule has 0 heterocycles. The van der Waals surface area contributed by atoms with E-state index in [1.807, 2.05) is 0 Å². The molecule has 5 nitrogen and oxygen atoms in total. The van der Waals surface area contributed by atoms with Crippen molar-refractivity contribution in [2.24, 2.45) is 5.41 Å². The van der Waals surface area contributed by atoms with Gasteiger partial charge in [0.25, 0.3) is 0 Å². The Balaban J connectivity index is 3.67. The second-order valence-electron chi connectivity index (χ2n) is 3.72. The lowest BCUT2D eigenvalue weighted by Crippen LogP contribution is -2.36. The molecule has 0 aliphatic rings. The molecule has 0 saturated heterocycles. The first-order valence-electron chi connectivity index (χ1n) is 4.00. The summed E-state index contributed by atoms with van der Waals surface area (Å²) in [4.78, 5) is 25.1. The average molecular weight is 189 g/mol. The van der Waals surface area contributed by atoms with Gasteiger partial charge in [0, 0.05) is 12.0 Å². The average Bonchev–Trinajstić information content (AvgIpc) is 2.02. The molecule has 0 spiro atoms.